The number of ether oxygens (including phenoxy) is 2. The number of amides is 1. The van der Waals surface area contributed by atoms with Crippen LogP contribution < -0.4 is 4.74 Å². The van der Waals surface area contributed by atoms with E-state index >= 15 is 0 Å². The van der Waals surface area contributed by atoms with Crippen LogP contribution in [0.1, 0.15) is 48.9 Å². The van der Waals surface area contributed by atoms with E-state index in [1.165, 1.54) is 4.90 Å². The third-order valence-corrected chi connectivity index (χ3v) is 7.72. The van der Waals surface area contributed by atoms with E-state index in [1.54, 1.807) is 36.4 Å². The summed E-state index contributed by atoms with van der Waals surface area (Å²) < 4.78 is 11.2. The van der Waals surface area contributed by atoms with Crippen molar-refractivity contribution in [2.45, 2.75) is 39.2 Å². The number of halogens is 2. The molecule has 204 valence electrons. The number of unbranched alkanes of at least 4 members (excludes halogenated alkanes) is 1. The van der Waals surface area contributed by atoms with Crippen molar-refractivity contribution in [1.29, 1.82) is 0 Å². The maximum atomic E-state index is 13.3. The molecule has 1 N–H and O–H groups in total. The average molecular weight is 562 g/mol. The summed E-state index contributed by atoms with van der Waals surface area (Å²) in [5.74, 6) is -0.857. The molecular formula is C29H34Cl2N2O5. The molecule has 0 saturated carbocycles. The first-order valence-electron chi connectivity index (χ1n) is 13.1. The monoisotopic (exact) mass is 560 g/mol. The summed E-state index contributed by atoms with van der Waals surface area (Å²) in [6, 6.07) is 9.51. The van der Waals surface area contributed by atoms with Crippen LogP contribution in [-0.4, -0.2) is 72.6 Å². The number of nitrogens with zero attached hydrogens (tertiary/aromatic N) is 2. The molecule has 1 amide bonds. The van der Waals surface area contributed by atoms with Crippen LogP contribution in [0.25, 0.3) is 5.76 Å². The molecule has 0 radical (unpaired) electrons. The number of likely N-dealkylation sites (tertiary alicyclic amines) is 1. The molecule has 2 aliphatic rings. The Morgan fingerprint density at radius 1 is 1.05 bits per heavy atom. The number of hydrogen-bond donors (Lipinski definition) is 1. The Morgan fingerprint density at radius 3 is 2.50 bits per heavy atom. The first kappa shape index (κ1) is 28.4. The van der Waals surface area contributed by atoms with Gasteiger partial charge < -0.3 is 19.5 Å². The van der Waals surface area contributed by atoms with E-state index < -0.39 is 17.7 Å². The Bertz CT molecular complexity index is 1210. The smallest absolute Gasteiger partial charge is 0.295 e. The number of ketones is 1. The molecule has 2 heterocycles. The van der Waals surface area contributed by atoms with Gasteiger partial charge in [-0.1, -0.05) is 42.6 Å². The Morgan fingerprint density at radius 2 is 1.82 bits per heavy atom. The molecule has 0 aromatic heterocycles. The fourth-order valence-corrected chi connectivity index (χ4v) is 5.18. The van der Waals surface area contributed by atoms with Gasteiger partial charge in [0.05, 0.1) is 41.5 Å². The summed E-state index contributed by atoms with van der Waals surface area (Å²) in [5, 5.41) is 12.1. The summed E-state index contributed by atoms with van der Waals surface area (Å²) in [5.41, 5.74) is 1.93. The largest absolute Gasteiger partial charge is 0.507 e. The second-order valence-corrected chi connectivity index (χ2v) is 10.5. The Labute approximate surface area is 233 Å². The van der Waals surface area contributed by atoms with Gasteiger partial charge in [0, 0.05) is 31.7 Å². The third-order valence-electron chi connectivity index (χ3n) is 6.98. The topological polar surface area (TPSA) is 79.3 Å². The first-order valence-corrected chi connectivity index (χ1v) is 13.8. The molecule has 0 aliphatic carbocycles. The number of carbonyl (C=O) groups is 2. The molecule has 4 rings (SSSR count). The van der Waals surface area contributed by atoms with Crippen LogP contribution in [0.4, 0.5) is 0 Å². The minimum atomic E-state index is -0.782. The van der Waals surface area contributed by atoms with Gasteiger partial charge in [-0.25, -0.2) is 0 Å². The summed E-state index contributed by atoms with van der Waals surface area (Å²) in [6.45, 7) is 8.78. The Hall–Kier alpha value is -2.58. The quantitative estimate of drug-likeness (QED) is 0.176. The minimum absolute atomic E-state index is 0.0406. The molecule has 2 saturated heterocycles. The fourth-order valence-electron chi connectivity index (χ4n) is 4.87. The molecule has 0 spiro atoms. The lowest BCUT2D eigenvalue weighted by atomic mass is 9.94. The standard InChI is InChI=1S/C29H34Cl2N2O5/c1-3-4-14-38-24-9-7-21(17-19(24)2)27(34)25-26(20-6-8-22(30)23(31)18-20)33(29(36)28(25)35)11-5-10-32-12-15-37-16-13-32/h6-9,17-18,26,34H,3-5,10-16H2,1-2H3/b27-25+/t26-/m0/s1. The number of morpholine rings is 1. The van der Waals surface area contributed by atoms with Gasteiger partial charge in [-0.2, -0.15) is 0 Å². The van der Waals surface area contributed by atoms with Crippen LogP contribution >= 0.6 is 23.2 Å². The molecule has 2 fully saturated rings. The molecule has 2 aromatic rings. The zero-order valence-corrected chi connectivity index (χ0v) is 23.4. The maximum Gasteiger partial charge on any atom is 0.295 e. The zero-order chi connectivity index (χ0) is 27.2. The summed E-state index contributed by atoms with van der Waals surface area (Å²) in [6.07, 6.45) is 2.65. The molecule has 9 heteroatoms. The highest BCUT2D eigenvalue weighted by atomic mass is 35.5. The van der Waals surface area contributed by atoms with Crippen molar-refractivity contribution >= 4 is 40.7 Å². The predicted octanol–water partition coefficient (Wildman–Crippen LogP) is 5.62. The highest BCUT2D eigenvalue weighted by Crippen LogP contribution is 2.41. The fraction of sp³-hybridized carbons (Fsp3) is 0.448. The second kappa shape index (κ2) is 13.0. The minimum Gasteiger partial charge on any atom is -0.507 e. The van der Waals surface area contributed by atoms with Crippen LogP contribution in [0.15, 0.2) is 42.0 Å². The Balaban J connectivity index is 1.67. The second-order valence-electron chi connectivity index (χ2n) is 9.66. The van der Waals surface area contributed by atoms with E-state index in [1.807, 2.05) is 6.92 Å². The predicted molar refractivity (Wildman–Crippen MR) is 149 cm³/mol. The van der Waals surface area contributed by atoms with Crippen molar-refractivity contribution in [3.8, 4) is 5.75 Å². The van der Waals surface area contributed by atoms with Crippen LogP contribution in [0.5, 0.6) is 5.75 Å². The van der Waals surface area contributed by atoms with Crippen molar-refractivity contribution in [2.75, 3.05) is 46.0 Å². The van der Waals surface area contributed by atoms with Crippen molar-refractivity contribution in [2.24, 2.45) is 0 Å². The summed E-state index contributed by atoms with van der Waals surface area (Å²) in [7, 11) is 0. The van der Waals surface area contributed by atoms with Crippen molar-refractivity contribution < 1.29 is 24.2 Å². The molecule has 1 atom stereocenters. The molecule has 0 unspecified atom stereocenters. The summed E-state index contributed by atoms with van der Waals surface area (Å²) in [4.78, 5) is 30.4. The molecule has 0 bridgehead atoms. The Kier molecular flexibility index (Phi) is 9.71. The average Bonchev–Trinajstić information content (AvgIpc) is 3.16. The normalized spacial score (nSPS) is 19.8. The lowest BCUT2D eigenvalue weighted by Crippen LogP contribution is -2.38. The van der Waals surface area contributed by atoms with Crippen LogP contribution in [0.2, 0.25) is 10.0 Å². The van der Waals surface area contributed by atoms with E-state index in [9.17, 15) is 14.7 Å². The molecule has 7 nitrogen and oxygen atoms in total. The lowest BCUT2D eigenvalue weighted by molar-refractivity contribution is -0.140. The van der Waals surface area contributed by atoms with Gasteiger partial charge in [0.1, 0.15) is 11.5 Å². The SMILES string of the molecule is CCCCOc1ccc(/C(O)=C2\C(=O)C(=O)N(CCCN3CCOCC3)[C@H]2c2ccc(Cl)c(Cl)c2)cc1C. The van der Waals surface area contributed by atoms with Gasteiger partial charge in [-0.3, -0.25) is 14.5 Å². The highest BCUT2D eigenvalue weighted by Gasteiger charge is 2.46. The van der Waals surface area contributed by atoms with Gasteiger partial charge in [-0.15, -0.1) is 0 Å². The van der Waals surface area contributed by atoms with Crippen molar-refractivity contribution in [1.82, 2.24) is 9.80 Å². The van der Waals surface area contributed by atoms with E-state index in [0.717, 1.165) is 43.8 Å². The van der Waals surface area contributed by atoms with Gasteiger partial charge in [-0.05, 0) is 61.2 Å². The number of rotatable bonds is 10. The number of Topliss-reactive ketones (excluding diaryl/α,β-unsaturated/α-hetero) is 1. The van der Waals surface area contributed by atoms with Crippen LogP contribution in [-0.2, 0) is 14.3 Å². The number of carbonyl (C=O) groups excluding carboxylic acids is 2. The highest BCUT2D eigenvalue weighted by molar-refractivity contribution is 6.46. The molecule has 38 heavy (non-hydrogen) atoms. The summed E-state index contributed by atoms with van der Waals surface area (Å²) >= 11 is 12.5. The van der Waals surface area contributed by atoms with Crippen LogP contribution in [0.3, 0.4) is 0 Å². The number of aliphatic hydroxyl groups excluding tert-OH is 1. The van der Waals surface area contributed by atoms with Gasteiger partial charge in [0.25, 0.3) is 11.7 Å². The number of benzene rings is 2. The van der Waals surface area contributed by atoms with E-state index in [2.05, 4.69) is 11.8 Å². The molecule has 2 aromatic carbocycles. The maximum absolute atomic E-state index is 13.3. The number of aliphatic hydroxyl groups is 1. The van der Waals surface area contributed by atoms with Gasteiger partial charge in [0.2, 0.25) is 0 Å². The first-order chi connectivity index (χ1) is 18.3. The molecule has 2 aliphatic heterocycles. The lowest BCUT2D eigenvalue weighted by Gasteiger charge is -2.29. The molecular weight excluding hydrogens is 527 g/mol. The van der Waals surface area contributed by atoms with Gasteiger partial charge >= 0.3 is 0 Å². The van der Waals surface area contributed by atoms with Crippen molar-refractivity contribution in [3.63, 3.8) is 0 Å². The van der Waals surface area contributed by atoms with E-state index in [-0.39, 0.29) is 11.3 Å². The third kappa shape index (κ3) is 6.34. The number of hydrogen-bond acceptors (Lipinski definition) is 6. The van der Waals surface area contributed by atoms with Gasteiger partial charge in [0.15, 0.2) is 0 Å². The zero-order valence-electron chi connectivity index (χ0n) is 21.8. The van der Waals surface area contributed by atoms with Crippen molar-refractivity contribution in [3.05, 3.63) is 68.7 Å². The van der Waals surface area contributed by atoms with Crippen LogP contribution in [0, 0.1) is 6.92 Å². The van der Waals surface area contributed by atoms with E-state index in [4.69, 9.17) is 32.7 Å². The van der Waals surface area contributed by atoms with E-state index in [0.29, 0.717) is 54.0 Å². The number of aryl methyl sites for hydroxylation is 1.